The molecule has 4 N–H and O–H groups in total. The summed E-state index contributed by atoms with van der Waals surface area (Å²) in [6.07, 6.45) is -0.221. The number of hydrogen-bond acceptors (Lipinski definition) is 7. The van der Waals surface area contributed by atoms with Gasteiger partial charge in [0.05, 0.1) is 18.2 Å². The zero-order valence-corrected chi connectivity index (χ0v) is 30.4. The van der Waals surface area contributed by atoms with Gasteiger partial charge < -0.3 is 25.8 Å². The summed E-state index contributed by atoms with van der Waals surface area (Å²) in [7, 11) is 0. The molecule has 9 nitrogen and oxygen atoms in total. The number of carbonyl (C=O) groups excluding carboxylic acids is 3. The molecule has 1 saturated heterocycles. The van der Waals surface area contributed by atoms with E-state index in [2.05, 4.69) is 28.1 Å². The Kier molecular flexibility index (Phi) is 14.3. The number of aliphatic hydroxyl groups is 1. The highest BCUT2D eigenvalue weighted by atomic mass is 32.2. The van der Waals surface area contributed by atoms with Gasteiger partial charge in [-0.3, -0.25) is 14.5 Å². The Morgan fingerprint density at radius 2 is 1.58 bits per heavy atom. The minimum atomic E-state index is -1.09. The summed E-state index contributed by atoms with van der Waals surface area (Å²) in [6, 6.07) is 23.0. The van der Waals surface area contributed by atoms with E-state index in [1.165, 1.54) is 12.1 Å². The molecule has 3 amide bonds. The summed E-state index contributed by atoms with van der Waals surface area (Å²) in [4.78, 5) is 43.3. The Bertz CT molecular complexity index is 1520. The lowest BCUT2D eigenvalue weighted by Gasteiger charge is -2.41. The highest BCUT2D eigenvalue weighted by Gasteiger charge is 2.38. The molecule has 1 aliphatic rings. The van der Waals surface area contributed by atoms with Crippen LogP contribution >= 0.6 is 11.8 Å². The highest BCUT2D eigenvalue weighted by molar-refractivity contribution is 8.00. The van der Waals surface area contributed by atoms with Crippen LogP contribution in [-0.4, -0.2) is 76.0 Å². The van der Waals surface area contributed by atoms with Crippen molar-refractivity contribution in [3.63, 3.8) is 0 Å². The van der Waals surface area contributed by atoms with Crippen molar-refractivity contribution in [2.75, 3.05) is 13.1 Å². The predicted molar refractivity (Wildman–Crippen MR) is 195 cm³/mol. The molecule has 3 aromatic rings. The van der Waals surface area contributed by atoms with Crippen molar-refractivity contribution < 1.29 is 28.6 Å². The fourth-order valence-electron chi connectivity index (χ4n) is 5.95. The molecule has 3 aromatic carbocycles. The lowest BCUT2D eigenvalue weighted by Crippen LogP contribution is -2.60. The second-order valence-corrected chi connectivity index (χ2v) is 15.6. The van der Waals surface area contributed by atoms with E-state index in [1.54, 1.807) is 23.9 Å². The van der Waals surface area contributed by atoms with Crippen LogP contribution in [0.2, 0.25) is 0 Å². The third-order valence-electron chi connectivity index (χ3n) is 8.53. The van der Waals surface area contributed by atoms with E-state index in [1.807, 2.05) is 88.0 Å². The standard InChI is InChI=1S/C39H51FN4O5S/c1-26(2)35(42-38(48)49-25-28-12-8-6-9-13-28)37(47)41-32(22-27-16-18-29(40)19-17-27)34(45)24-44-21-20-31(50-30-14-10-7-11-15-30)23-33(44)36(46)43-39(3,4)5/h6-19,26,31-35,45H,20-25H2,1-5H3,(H,41,47)(H,42,48)(H,43,46)/t31-,32+,33+,34-,35+/m1/s1. The number of β-amino-alcohol motifs (C(OH)–C–C–N with tert-alkyl or cyclic N) is 1. The van der Waals surface area contributed by atoms with E-state index in [9.17, 15) is 23.9 Å². The van der Waals surface area contributed by atoms with Gasteiger partial charge in [-0.05, 0) is 81.3 Å². The van der Waals surface area contributed by atoms with Gasteiger partial charge in [0.2, 0.25) is 11.8 Å². The van der Waals surface area contributed by atoms with Gasteiger partial charge in [-0.1, -0.05) is 74.5 Å². The zero-order valence-electron chi connectivity index (χ0n) is 29.6. The predicted octanol–water partition coefficient (Wildman–Crippen LogP) is 5.70. The van der Waals surface area contributed by atoms with Gasteiger partial charge in [0.15, 0.2) is 0 Å². The maximum absolute atomic E-state index is 13.8. The van der Waals surface area contributed by atoms with Crippen LogP contribution in [0.3, 0.4) is 0 Å². The van der Waals surface area contributed by atoms with Gasteiger partial charge in [0.1, 0.15) is 18.5 Å². The molecule has 5 atom stereocenters. The van der Waals surface area contributed by atoms with Crippen LogP contribution in [0.25, 0.3) is 0 Å². The number of ether oxygens (including phenoxy) is 1. The fourth-order valence-corrected chi connectivity index (χ4v) is 7.15. The van der Waals surface area contributed by atoms with Crippen LogP contribution in [-0.2, 0) is 27.4 Å². The number of aliphatic hydroxyl groups excluding tert-OH is 1. The van der Waals surface area contributed by atoms with E-state index in [-0.39, 0.29) is 36.6 Å². The van der Waals surface area contributed by atoms with Crippen molar-refractivity contribution >= 4 is 29.7 Å². The first-order valence-electron chi connectivity index (χ1n) is 17.2. The topological polar surface area (TPSA) is 120 Å². The monoisotopic (exact) mass is 706 g/mol. The van der Waals surface area contributed by atoms with Crippen molar-refractivity contribution in [2.24, 2.45) is 5.92 Å². The molecule has 0 saturated carbocycles. The number of thioether (sulfide) groups is 1. The van der Waals surface area contributed by atoms with Crippen molar-refractivity contribution in [1.82, 2.24) is 20.9 Å². The fraction of sp³-hybridized carbons (Fsp3) is 0.462. The Morgan fingerprint density at radius 3 is 2.20 bits per heavy atom. The van der Waals surface area contributed by atoms with Crippen LogP contribution in [0.5, 0.6) is 0 Å². The largest absolute Gasteiger partial charge is 0.445 e. The molecule has 0 spiro atoms. The van der Waals surface area contributed by atoms with Crippen molar-refractivity contribution in [2.45, 2.75) is 100 Å². The van der Waals surface area contributed by atoms with Crippen molar-refractivity contribution in [3.8, 4) is 0 Å². The number of amides is 3. The van der Waals surface area contributed by atoms with Gasteiger partial charge in [-0.25, -0.2) is 9.18 Å². The maximum atomic E-state index is 13.8. The van der Waals surface area contributed by atoms with Crippen molar-refractivity contribution in [3.05, 3.63) is 102 Å². The summed E-state index contributed by atoms with van der Waals surface area (Å²) in [5.74, 6) is -1.28. The van der Waals surface area contributed by atoms with Gasteiger partial charge in [0.25, 0.3) is 0 Å². The minimum absolute atomic E-state index is 0.0511. The average Bonchev–Trinajstić information content (AvgIpc) is 3.07. The Hall–Kier alpha value is -3.93. The quantitative estimate of drug-likeness (QED) is 0.170. The number of nitrogens with one attached hydrogen (secondary N) is 3. The maximum Gasteiger partial charge on any atom is 0.408 e. The van der Waals surface area contributed by atoms with E-state index < -0.39 is 47.6 Å². The van der Waals surface area contributed by atoms with E-state index in [4.69, 9.17) is 4.74 Å². The molecular weight excluding hydrogens is 656 g/mol. The number of benzene rings is 3. The molecule has 0 bridgehead atoms. The van der Waals surface area contributed by atoms with Crippen LogP contribution in [0, 0.1) is 11.7 Å². The summed E-state index contributed by atoms with van der Waals surface area (Å²) < 4.78 is 19.1. The first-order chi connectivity index (χ1) is 23.8. The van der Waals surface area contributed by atoms with E-state index in [0.717, 1.165) is 16.9 Å². The smallest absolute Gasteiger partial charge is 0.408 e. The third kappa shape index (κ3) is 12.4. The number of nitrogens with zero attached hydrogens (tertiary/aromatic N) is 1. The Morgan fingerprint density at radius 1 is 0.940 bits per heavy atom. The highest BCUT2D eigenvalue weighted by Crippen LogP contribution is 2.33. The van der Waals surface area contributed by atoms with Crippen LogP contribution < -0.4 is 16.0 Å². The first kappa shape index (κ1) is 38.9. The lowest BCUT2D eigenvalue weighted by atomic mass is 9.95. The van der Waals surface area contributed by atoms with Crippen molar-refractivity contribution in [1.29, 1.82) is 0 Å². The van der Waals surface area contributed by atoms with Crippen LogP contribution in [0.4, 0.5) is 9.18 Å². The van der Waals surface area contributed by atoms with E-state index in [0.29, 0.717) is 18.5 Å². The summed E-state index contributed by atoms with van der Waals surface area (Å²) >= 11 is 1.75. The second kappa shape index (κ2) is 18.3. The first-order valence-corrected chi connectivity index (χ1v) is 18.1. The summed E-state index contributed by atoms with van der Waals surface area (Å²) in [6.45, 7) is 10.2. The number of carbonyl (C=O) groups is 3. The number of hydrogen-bond donors (Lipinski definition) is 4. The average molecular weight is 707 g/mol. The second-order valence-electron chi connectivity index (χ2n) is 14.3. The molecule has 1 fully saturated rings. The molecule has 0 aromatic heterocycles. The Labute approximate surface area is 299 Å². The van der Waals surface area contributed by atoms with E-state index >= 15 is 0 Å². The molecule has 270 valence electrons. The molecule has 1 aliphatic heterocycles. The molecular formula is C39H51FN4O5S. The summed E-state index contributed by atoms with van der Waals surface area (Å²) in [5, 5.41) is 20.8. The number of halogens is 1. The molecule has 11 heteroatoms. The number of likely N-dealkylation sites (tertiary alicyclic amines) is 1. The normalized spacial score (nSPS) is 18.5. The van der Waals surface area contributed by atoms with Crippen LogP contribution in [0.1, 0.15) is 58.6 Å². The van der Waals surface area contributed by atoms with Crippen LogP contribution in [0.15, 0.2) is 89.8 Å². The van der Waals surface area contributed by atoms with Gasteiger partial charge >= 0.3 is 6.09 Å². The number of rotatable bonds is 14. The van der Waals surface area contributed by atoms with Gasteiger partial charge in [-0.15, -0.1) is 11.8 Å². The third-order valence-corrected chi connectivity index (χ3v) is 9.84. The number of piperidine rings is 1. The summed E-state index contributed by atoms with van der Waals surface area (Å²) in [5.41, 5.74) is 1.08. The zero-order chi connectivity index (χ0) is 36.3. The minimum Gasteiger partial charge on any atom is -0.445 e. The SMILES string of the molecule is CC(C)[C@H](NC(=O)OCc1ccccc1)C(=O)N[C@@H](Cc1ccc(F)cc1)[C@H](O)CN1CC[C@@H](Sc2ccccc2)C[C@H]1C(=O)NC(C)(C)C. The molecule has 50 heavy (non-hydrogen) atoms. The molecule has 4 rings (SSSR count). The lowest BCUT2D eigenvalue weighted by molar-refractivity contribution is -0.130. The van der Waals surface area contributed by atoms with Gasteiger partial charge in [-0.2, -0.15) is 0 Å². The number of alkyl carbamates (subject to hydrolysis) is 1. The molecule has 0 aliphatic carbocycles. The molecule has 1 heterocycles. The molecule has 0 unspecified atom stereocenters. The Balaban J connectivity index is 1.49. The molecule has 0 radical (unpaired) electrons. The van der Waals surface area contributed by atoms with Gasteiger partial charge in [0, 0.05) is 28.8 Å².